The molecular formula is C29H33Cl2N3O6S. The lowest BCUT2D eigenvalue weighted by Gasteiger charge is -2.33. The molecule has 41 heavy (non-hydrogen) atoms. The number of aryl methyl sites for hydroxylation is 1. The summed E-state index contributed by atoms with van der Waals surface area (Å²) in [7, 11) is -0.00186. The summed E-state index contributed by atoms with van der Waals surface area (Å²) in [5, 5.41) is 3.19. The number of sulfonamides is 1. The van der Waals surface area contributed by atoms with Gasteiger partial charge in [-0.25, -0.2) is 8.42 Å². The highest BCUT2D eigenvalue weighted by molar-refractivity contribution is 7.92. The fourth-order valence-corrected chi connectivity index (χ4v) is 6.22. The Hall–Kier alpha value is -3.47. The van der Waals surface area contributed by atoms with Crippen LogP contribution in [0.4, 0.5) is 5.69 Å². The molecule has 0 spiro atoms. The lowest BCUT2D eigenvalue weighted by molar-refractivity contribution is -0.140. The van der Waals surface area contributed by atoms with Crippen LogP contribution >= 0.6 is 23.2 Å². The molecule has 0 saturated carbocycles. The summed E-state index contributed by atoms with van der Waals surface area (Å²) in [5.41, 5.74) is 1.38. The first-order valence-electron chi connectivity index (χ1n) is 12.7. The van der Waals surface area contributed by atoms with Crippen LogP contribution in [0, 0.1) is 6.92 Å². The summed E-state index contributed by atoms with van der Waals surface area (Å²) in [6.45, 7) is 2.80. The Balaban J connectivity index is 2.19. The molecule has 0 fully saturated rings. The van der Waals surface area contributed by atoms with Crippen LogP contribution in [0.1, 0.15) is 24.5 Å². The van der Waals surface area contributed by atoms with Crippen molar-refractivity contribution in [2.24, 2.45) is 0 Å². The SMILES string of the molecule is CC[C@@H](C(=O)NC)N(Cc1c(Cl)cccc1Cl)C(=O)CN(c1cc(OC)ccc1OC)S(=O)(=O)c1ccc(C)cc1. The van der Waals surface area contributed by atoms with Gasteiger partial charge in [0.2, 0.25) is 11.8 Å². The third kappa shape index (κ3) is 7.25. The number of carbonyl (C=O) groups excluding carboxylic acids is 2. The summed E-state index contributed by atoms with van der Waals surface area (Å²) >= 11 is 12.8. The molecular weight excluding hydrogens is 589 g/mol. The van der Waals surface area contributed by atoms with Crippen LogP contribution < -0.4 is 19.1 Å². The predicted molar refractivity (Wildman–Crippen MR) is 160 cm³/mol. The maximum Gasteiger partial charge on any atom is 0.264 e. The second-order valence-electron chi connectivity index (χ2n) is 9.12. The van der Waals surface area contributed by atoms with E-state index in [0.29, 0.717) is 21.4 Å². The number of nitrogens with zero attached hydrogens (tertiary/aromatic N) is 2. The molecule has 9 nitrogen and oxygen atoms in total. The zero-order chi connectivity index (χ0) is 30.3. The number of hydrogen-bond acceptors (Lipinski definition) is 6. The summed E-state index contributed by atoms with van der Waals surface area (Å²) in [6, 6.07) is 14.9. The quantitative estimate of drug-likeness (QED) is 0.303. The van der Waals surface area contributed by atoms with Crippen molar-refractivity contribution < 1.29 is 27.5 Å². The normalized spacial score (nSPS) is 11.9. The van der Waals surface area contributed by atoms with E-state index >= 15 is 0 Å². The Bertz CT molecular complexity index is 1480. The molecule has 0 aliphatic rings. The zero-order valence-electron chi connectivity index (χ0n) is 23.5. The molecule has 0 aromatic heterocycles. The Morgan fingerprint density at radius 1 is 0.976 bits per heavy atom. The van der Waals surface area contributed by atoms with Gasteiger partial charge in [0.1, 0.15) is 24.1 Å². The number of likely N-dealkylation sites (N-methyl/N-ethyl adjacent to an activating group) is 1. The van der Waals surface area contributed by atoms with Crippen LogP contribution in [-0.4, -0.2) is 59.0 Å². The molecule has 0 aliphatic carbocycles. The van der Waals surface area contributed by atoms with Crippen molar-refractivity contribution in [3.8, 4) is 11.5 Å². The number of ether oxygens (including phenoxy) is 2. The number of rotatable bonds is 12. The standard InChI is InChI=1S/C29H33Cl2N3O6S/c1-6-25(29(36)32-3)33(17-22-23(30)8-7-9-24(22)31)28(35)18-34(26-16-20(39-4)12-15-27(26)40-5)41(37,38)21-13-10-19(2)11-14-21/h7-16,25H,6,17-18H2,1-5H3,(H,32,36)/t25-/m0/s1. The van der Waals surface area contributed by atoms with Crippen molar-refractivity contribution >= 4 is 50.7 Å². The van der Waals surface area contributed by atoms with Crippen LogP contribution in [0.25, 0.3) is 0 Å². The molecule has 220 valence electrons. The van der Waals surface area contributed by atoms with Crippen LogP contribution in [0.5, 0.6) is 11.5 Å². The fraction of sp³-hybridized carbons (Fsp3) is 0.310. The van der Waals surface area contributed by atoms with E-state index in [0.717, 1.165) is 9.87 Å². The van der Waals surface area contributed by atoms with Crippen LogP contribution in [0.3, 0.4) is 0 Å². The molecule has 2 amide bonds. The molecule has 0 heterocycles. The average Bonchev–Trinajstić information content (AvgIpc) is 2.96. The van der Waals surface area contributed by atoms with Crippen molar-refractivity contribution in [2.45, 2.75) is 37.8 Å². The summed E-state index contributed by atoms with van der Waals surface area (Å²) in [4.78, 5) is 28.3. The van der Waals surface area contributed by atoms with E-state index in [1.54, 1.807) is 49.4 Å². The minimum Gasteiger partial charge on any atom is -0.497 e. The molecule has 0 bridgehead atoms. The topological polar surface area (TPSA) is 105 Å². The van der Waals surface area contributed by atoms with E-state index in [9.17, 15) is 18.0 Å². The number of hydrogen-bond donors (Lipinski definition) is 1. The molecule has 0 aliphatic heterocycles. The van der Waals surface area contributed by atoms with E-state index in [2.05, 4.69) is 5.32 Å². The number of benzene rings is 3. The van der Waals surface area contributed by atoms with Crippen molar-refractivity contribution in [3.05, 3.63) is 81.8 Å². The number of halogens is 2. The first kappa shape index (κ1) is 32.0. The predicted octanol–water partition coefficient (Wildman–Crippen LogP) is 5.07. The molecule has 3 rings (SSSR count). The van der Waals surface area contributed by atoms with Crippen molar-refractivity contribution in [2.75, 3.05) is 32.1 Å². The monoisotopic (exact) mass is 621 g/mol. The number of nitrogens with one attached hydrogen (secondary N) is 1. The highest BCUT2D eigenvalue weighted by atomic mass is 35.5. The lowest BCUT2D eigenvalue weighted by Crippen LogP contribution is -2.51. The minimum absolute atomic E-state index is 0.0280. The molecule has 1 atom stereocenters. The van der Waals surface area contributed by atoms with Gasteiger partial charge in [-0.1, -0.05) is 53.9 Å². The van der Waals surface area contributed by atoms with Gasteiger partial charge < -0.3 is 19.7 Å². The fourth-order valence-electron chi connectivity index (χ4n) is 4.28. The molecule has 3 aromatic carbocycles. The second kappa shape index (κ2) is 13.9. The summed E-state index contributed by atoms with van der Waals surface area (Å²) in [6.07, 6.45) is 0.251. The summed E-state index contributed by atoms with van der Waals surface area (Å²) < 4.78 is 40.0. The second-order valence-corrected chi connectivity index (χ2v) is 11.8. The summed E-state index contributed by atoms with van der Waals surface area (Å²) in [5.74, 6) is -0.518. The zero-order valence-corrected chi connectivity index (χ0v) is 25.8. The Labute approximate surface area is 251 Å². The minimum atomic E-state index is -4.31. The first-order valence-corrected chi connectivity index (χ1v) is 14.9. The van der Waals surface area contributed by atoms with Gasteiger partial charge in [-0.15, -0.1) is 0 Å². The van der Waals surface area contributed by atoms with Gasteiger partial charge in [-0.2, -0.15) is 0 Å². The molecule has 1 N–H and O–H groups in total. The van der Waals surface area contributed by atoms with E-state index in [4.69, 9.17) is 32.7 Å². The van der Waals surface area contributed by atoms with Gasteiger partial charge >= 0.3 is 0 Å². The molecule has 12 heteroatoms. The van der Waals surface area contributed by atoms with Gasteiger partial charge in [0.25, 0.3) is 10.0 Å². The van der Waals surface area contributed by atoms with Gasteiger partial charge in [-0.05, 0) is 49.7 Å². The number of methoxy groups -OCH3 is 2. The van der Waals surface area contributed by atoms with Crippen LogP contribution in [-0.2, 0) is 26.2 Å². The van der Waals surface area contributed by atoms with Crippen molar-refractivity contribution in [1.29, 1.82) is 0 Å². The third-order valence-electron chi connectivity index (χ3n) is 6.57. The number of anilines is 1. The lowest BCUT2D eigenvalue weighted by atomic mass is 10.1. The van der Waals surface area contributed by atoms with Gasteiger partial charge in [-0.3, -0.25) is 13.9 Å². The first-order chi connectivity index (χ1) is 19.5. The molecule has 0 unspecified atom stereocenters. The Morgan fingerprint density at radius 2 is 1.61 bits per heavy atom. The molecule has 0 saturated heterocycles. The highest BCUT2D eigenvalue weighted by Gasteiger charge is 2.35. The van der Waals surface area contributed by atoms with Crippen molar-refractivity contribution in [1.82, 2.24) is 10.2 Å². The third-order valence-corrected chi connectivity index (χ3v) is 9.05. The smallest absolute Gasteiger partial charge is 0.264 e. The number of carbonyl (C=O) groups is 2. The van der Waals surface area contributed by atoms with E-state index < -0.39 is 34.4 Å². The van der Waals surface area contributed by atoms with E-state index in [1.807, 2.05) is 6.92 Å². The maximum absolute atomic E-state index is 14.1. The molecule has 3 aromatic rings. The maximum atomic E-state index is 14.1. The van der Waals surface area contributed by atoms with Crippen molar-refractivity contribution in [3.63, 3.8) is 0 Å². The van der Waals surface area contributed by atoms with Gasteiger partial charge in [0, 0.05) is 35.3 Å². The van der Waals surface area contributed by atoms with Crippen LogP contribution in [0.15, 0.2) is 65.6 Å². The van der Waals surface area contributed by atoms with Gasteiger partial charge in [0.15, 0.2) is 0 Å². The van der Waals surface area contributed by atoms with E-state index in [1.165, 1.54) is 44.4 Å². The average molecular weight is 623 g/mol. The highest BCUT2D eigenvalue weighted by Crippen LogP contribution is 2.36. The van der Waals surface area contributed by atoms with E-state index in [-0.39, 0.29) is 29.3 Å². The number of amides is 2. The molecule has 0 radical (unpaired) electrons. The van der Waals surface area contributed by atoms with Gasteiger partial charge in [0.05, 0.1) is 24.8 Å². The Morgan fingerprint density at radius 3 is 2.15 bits per heavy atom. The van der Waals surface area contributed by atoms with Crippen LogP contribution in [0.2, 0.25) is 10.0 Å². The largest absolute Gasteiger partial charge is 0.497 e. The Kier molecular flexibility index (Phi) is 10.9.